The lowest BCUT2D eigenvalue weighted by atomic mass is 10.2. The van der Waals surface area contributed by atoms with Crippen molar-refractivity contribution in [1.29, 1.82) is 0 Å². The third-order valence-electron chi connectivity index (χ3n) is 4.98. The average molecular weight is 576 g/mol. The van der Waals surface area contributed by atoms with Crippen LogP contribution in [0, 0.1) is 0 Å². The van der Waals surface area contributed by atoms with Gasteiger partial charge in [0.25, 0.3) is 5.56 Å². The zero-order chi connectivity index (χ0) is 29.2. The van der Waals surface area contributed by atoms with Gasteiger partial charge < -0.3 is 14.8 Å². The SMILES string of the molecule is C/C=C\C.CC.CCOc1cc(-n2ccccc2=O)ccc1N1C[C@H](CNC)OC1=O.O=Cc1ccc(Cl)s1. The first kappa shape index (κ1) is 33.6. The quantitative estimate of drug-likeness (QED) is 0.252. The maximum Gasteiger partial charge on any atom is 0.414 e. The van der Waals surface area contributed by atoms with Crippen molar-refractivity contribution in [2.75, 3.05) is 31.6 Å². The molecule has 0 unspecified atom stereocenters. The predicted molar refractivity (Wildman–Crippen MR) is 161 cm³/mol. The van der Waals surface area contributed by atoms with Gasteiger partial charge in [-0.05, 0) is 58.2 Å². The Morgan fingerprint density at radius 2 is 1.85 bits per heavy atom. The van der Waals surface area contributed by atoms with Crippen LogP contribution in [0.2, 0.25) is 4.34 Å². The second kappa shape index (κ2) is 18.8. The molecule has 4 rings (SSSR count). The van der Waals surface area contributed by atoms with Crippen LogP contribution in [0.3, 0.4) is 0 Å². The summed E-state index contributed by atoms with van der Waals surface area (Å²) in [5.74, 6) is 0.540. The highest BCUT2D eigenvalue weighted by atomic mass is 35.5. The van der Waals surface area contributed by atoms with Crippen molar-refractivity contribution in [3.8, 4) is 11.4 Å². The Morgan fingerprint density at radius 1 is 1.13 bits per heavy atom. The van der Waals surface area contributed by atoms with Gasteiger partial charge in [0, 0.05) is 24.9 Å². The normalized spacial score (nSPS) is 13.8. The smallest absolute Gasteiger partial charge is 0.414 e. The number of pyridine rings is 1. The minimum Gasteiger partial charge on any atom is -0.492 e. The first-order valence-electron chi connectivity index (χ1n) is 12.7. The van der Waals surface area contributed by atoms with E-state index in [1.54, 1.807) is 53.6 Å². The molecule has 0 radical (unpaired) electrons. The van der Waals surface area contributed by atoms with Crippen LogP contribution in [-0.2, 0) is 4.74 Å². The molecule has 0 saturated carbocycles. The van der Waals surface area contributed by atoms with Gasteiger partial charge in [0.15, 0.2) is 6.29 Å². The van der Waals surface area contributed by atoms with Crippen molar-refractivity contribution < 1.29 is 19.1 Å². The van der Waals surface area contributed by atoms with Crippen molar-refractivity contribution in [3.05, 3.63) is 86.4 Å². The summed E-state index contributed by atoms with van der Waals surface area (Å²) < 4.78 is 13.2. The highest BCUT2D eigenvalue weighted by Gasteiger charge is 2.33. The summed E-state index contributed by atoms with van der Waals surface area (Å²) >= 11 is 6.78. The van der Waals surface area contributed by atoms with Crippen molar-refractivity contribution in [2.45, 2.75) is 40.7 Å². The second-order valence-electron chi connectivity index (χ2n) is 7.59. The molecular formula is C29H38ClN3O5S. The van der Waals surface area contributed by atoms with Crippen molar-refractivity contribution in [3.63, 3.8) is 0 Å². The number of aromatic nitrogens is 1. The Morgan fingerprint density at radius 3 is 2.36 bits per heavy atom. The number of ether oxygens (including phenoxy) is 2. The van der Waals surface area contributed by atoms with Crippen molar-refractivity contribution in [2.24, 2.45) is 0 Å². The number of cyclic esters (lactones) is 1. The Kier molecular flexibility index (Phi) is 16.2. The van der Waals surface area contributed by atoms with Crippen LogP contribution >= 0.6 is 22.9 Å². The standard InChI is InChI=1S/C18H21N3O4.C5H3ClOS.C4H8.C2H6/c1-3-24-16-10-13(20-9-5-4-6-17(20)22)7-8-15(16)21-12-14(11-19-2)25-18(21)23;6-5-2-1-4(3-7)8-5;1-3-4-2;1-2/h4-10,14,19H,3,11-12H2,1-2H3;1-3H;3-4H,1-2H3;1-2H3/b;;4-3-;/t14-;;;/m0.../s1. The number of nitrogens with one attached hydrogen (secondary N) is 1. The van der Waals surface area contributed by atoms with Crippen molar-refractivity contribution in [1.82, 2.24) is 9.88 Å². The third-order valence-corrected chi connectivity index (χ3v) is 6.14. The van der Waals surface area contributed by atoms with Crippen LogP contribution in [0.4, 0.5) is 10.5 Å². The number of allylic oxidation sites excluding steroid dienone is 2. The number of carbonyl (C=O) groups excluding carboxylic acids is 2. The molecule has 39 heavy (non-hydrogen) atoms. The van der Waals surface area contributed by atoms with Crippen LogP contribution < -0.4 is 20.5 Å². The highest BCUT2D eigenvalue weighted by molar-refractivity contribution is 7.17. The Labute approximate surface area is 239 Å². The lowest BCUT2D eigenvalue weighted by Crippen LogP contribution is -2.29. The maximum absolute atomic E-state index is 12.2. The molecule has 1 aliphatic rings. The number of nitrogens with zero attached hydrogens (tertiary/aromatic N) is 2. The van der Waals surface area contributed by atoms with E-state index in [1.165, 1.54) is 22.0 Å². The van der Waals surface area contributed by atoms with E-state index in [0.29, 0.717) is 46.0 Å². The fourth-order valence-corrected chi connectivity index (χ4v) is 4.11. The van der Waals surface area contributed by atoms with Crippen LogP contribution in [0.5, 0.6) is 5.75 Å². The van der Waals surface area contributed by atoms with Crippen molar-refractivity contribution >= 4 is 41.0 Å². The van der Waals surface area contributed by atoms with Gasteiger partial charge in [0.2, 0.25) is 0 Å². The summed E-state index contributed by atoms with van der Waals surface area (Å²) in [5.41, 5.74) is 1.18. The highest BCUT2D eigenvalue weighted by Crippen LogP contribution is 2.33. The van der Waals surface area contributed by atoms with Crippen LogP contribution in [-0.4, -0.2) is 49.8 Å². The molecule has 0 bridgehead atoms. The summed E-state index contributed by atoms with van der Waals surface area (Å²) in [6.45, 7) is 11.4. The number of halogens is 1. The van der Waals surface area contributed by atoms with Gasteiger partial charge in [-0.1, -0.05) is 43.7 Å². The molecular weight excluding hydrogens is 538 g/mol. The van der Waals surface area contributed by atoms with Gasteiger partial charge in [-0.15, -0.1) is 11.3 Å². The number of carbonyl (C=O) groups is 2. The molecule has 212 valence electrons. The molecule has 8 nitrogen and oxygen atoms in total. The number of hydrogen-bond donors (Lipinski definition) is 1. The van der Waals surface area contributed by atoms with Gasteiger partial charge in [-0.3, -0.25) is 19.1 Å². The molecule has 10 heteroatoms. The first-order valence-corrected chi connectivity index (χ1v) is 13.9. The summed E-state index contributed by atoms with van der Waals surface area (Å²) in [5, 5.41) is 3.01. The van der Waals surface area contributed by atoms with E-state index in [1.807, 2.05) is 53.8 Å². The maximum atomic E-state index is 12.2. The van der Waals surface area contributed by atoms with E-state index in [4.69, 9.17) is 21.1 Å². The van der Waals surface area contributed by atoms with Gasteiger partial charge >= 0.3 is 6.09 Å². The van der Waals surface area contributed by atoms with Gasteiger partial charge in [0.05, 0.1) is 33.7 Å². The summed E-state index contributed by atoms with van der Waals surface area (Å²) in [6, 6.07) is 13.7. The number of rotatable bonds is 7. The lowest BCUT2D eigenvalue weighted by Gasteiger charge is -2.19. The molecule has 1 amide bonds. The zero-order valence-electron chi connectivity index (χ0n) is 23.3. The fraction of sp³-hybridized carbons (Fsp3) is 0.345. The zero-order valence-corrected chi connectivity index (χ0v) is 24.9. The van der Waals surface area contributed by atoms with E-state index in [-0.39, 0.29) is 11.7 Å². The predicted octanol–water partition coefficient (Wildman–Crippen LogP) is 6.60. The molecule has 3 aromatic rings. The monoisotopic (exact) mass is 575 g/mol. The molecule has 1 atom stereocenters. The Hall–Kier alpha value is -3.40. The van der Waals surface area contributed by atoms with E-state index >= 15 is 0 Å². The minimum atomic E-state index is -0.397. The average Bonchev–Trinajstić information content (AvgIpc) is 3.55. The lowest BCUT2D eigenvalue weighted by molar-refractivity contribution is 0.112. The molecule has 3 heterocycles. The molecule has 1 aromatic carbocycles. The van der Waals surface area contributed by atoms with E-state index < -0.39 is 6.09 Å². The summed E-state index contributed by atoms with van der Waals surface area (Å²) in [6.07, 6.45) is 5.88. The number of anilines is 1. The number of hydrogen-bond acceptors (Lipinski definition) is 7. The second-order valence-corrected chi connectivity index (χ2v) is 9.34. The molecule has 0 aliphatic carbocycles. The van der Waals surface area contributed by atoms with E-state index in [0.717, 1.165) is 6.29 Å². The number of amides is 1. The number of aldehydes is 1. The van der Waals surface area contributed by atoms with E-state index in [9.17, 15) is 14.4 Å². The van der Waals surface area contributed by atoms with Crippen LogP contribution in [0.1, 0.15) is 44.3 Å². The van der Waals surface area contributed by atoms with Gasteiger partial charge in [-0.25, -0.2) is 4.79 Å². The third kappa shape index (κ3) is 10.7. The molecule has 1 saturated heterocycles. The molecule has 1 fully saturated rings. The van der Waals surface area contributed by atoms with Gasteiger partial charge in [-0.2, -0.15) is 0 Å². The van der Waals surface area contributed by atoms with E-state index in [2.05, 4.69) is 5.32 Å². The van der Waals surface area contributed by atoms with Gasteiger partial charge in [0.1, 0.15) is 11.9 Å². The Bertz CT molecular complexity index is 1240. The first-order chi connectivity index (χ1) is 18.9. The molecule has 1 N–H and O–H groups in total. The molecule has 0 spiro atoms. The summed E-state index contributed by atoms with van der Waals surface area (Å²) in [7, 11) is 1.81. The summed E-state index contributed by atoms with van der Waals surface area (Å²) in [4.78, 5) is 36.4. The molecule has 1 aliphatic heterocycles. The molecule has 2 aromatic heterocycles. The number of thiophene rings is 1. The number of benzene rings is 1. The van der Waals surface area contributed by atoms with Crippen LogP contribution in [0.25, 0.3) is 5.69 Å². The number of likely N-dealkylation sites (N-methyl/N-ethyl adjacent to an activating group) is 1. The Balaban J connectivity index is 0.000000448. The topological polar surface area (TPSA) is 89.9 Å². The van der Waals surface area contributed by atoms with Crippen LogP contribution in [0.15, 0.2) is 71.7 Å². The fourth-order valence-electron chi connectivity index (χ4n) is 3.23. The largest absolute Gasteiger partial charge is 0.492 e. The minimum absolute atomic E-state index is 0.132.